The zero-order chi connectivity index (χ0) is 13.9. The normalized spacial score (nSPS) is 21.9. The Bertz CT molecular complexity index is 528. The van der Waals surface area contributed by atoms with Crippen molar-refractivity contribution >= 4 is 16.5 Å². The average Bonchev–Trinajstić information content (AvgIpc) is 3.01. The number of aromatic nitrogens is 2. The molecule has 0 spiro atoms. The minimum atomic E-state index is 0.421. The van der Waals surface area contributed by atoms with Crippen molar-refractivity contribution in [3.8, 4) is 0 Å². The molecule has 2 atom stereocenters. The lowest BCUT2D eigenvalue weighted by Crippen LogP contribution is -2.52. The van der Waals surface area contributed by atoms with Crippen molar-refractivity contribution in [2.45, 2.75) is 25.9 Å². The number of rotatable bonds is 3. The SMILES string of the molecule is CC(c1cccnc1)N1CCN(c2nccs2)C(C)C1. The summed E-state index contributed by atoms with van der Waals surface area (Å²) >= 11 is 1.73. The molecule has 1 aliphatic heterocycles. The van der Waals surface area contributed by atoms with E-state index in [2.05, 4.69) is 39.7 Å². The van der Waals surface area contributed by atoms with Crippen molar-refractivity contribution < 1.29 is 0 Å². The third-order valence-corrected chi connectivity index (χ3v) is 4.85. The van der Waals surface area contributed by atoms with E-state index < -0.39 is 0 Å². The summed E-state index contributed by atoms with van der Waals surface area (Å²) in [6.45, 7) is 7.72. The Balaban J connectivity index is 1.68. The van der Waals surface area contributed by atoms with Gasteiger partial charge in [0, 0.05) is 55.7 Å². The van der Waals surface area contributed by atoms with Crippen LogP contribution >= 0.6 is 11.3 Å². The molecule has 2 unspecified atom stereocenters. The molecule has 20 heavy (non-hydrogen) atoms. The molecule has 0 radical (unpaired) electrons. The van der Waals surface area contributed by atoms with Crippen molar-refractivity contribution in [1.82, 2.24) is 14.9 Å². The van der Waals surface area contributed by atoms with Crippen LogP contribution in [0.15, 0.2) is 36.1 Å². The van der Waals surface area contributed by atoms with Crippen LogP contribution in [0.3, 0.4) is 0 Å². The second kappa shape index (κ2) is 5.89. The summed E-state index contributed by atoms with van der Waals surface area (Å²) in [6.07, 6.45) is 5.69. The van der Waals surface area contributed by atoms with Crippen LogP contribution < -0.4 is 4.90 Å². The summed E-state index contributed by atoms with van der Waals surface area (Å²) in [5, 5.41) is 3.19. The summed E-state index contributed by atoms with van der Waals surface area (Å²) < 4.78 is 0. The summed E-state index contributed by atoms with van der Waals surface area (Å²) in [7, 11) is 0. The van der Waals surface area contributed by atoms with Gasteiger partial charge in [-0.3, -0.25) is 9.88 Å². The van der Waals surface area contributed by atoms with Crippen molar-refractivity contribution in [3.63, 3.8) is 0 Å². The molecule has 1 aliphatic rings. The van der Waals surface area contributed by atoms with Crippen LogP contribution in [0.1, 0.15) is 25.5 Å². The van der Waals surface area contributed by atoms with Gasteiger partial charge in [0.2, 0.25) is 0 Å². The Morgan fingerprint density at radius 1 is 1.35 bits per heavy atom. The first kappa shape index (κ1) is 13.5. The highest BCUT2D eigenvalue weighted by Gasteiger charge is 2.28. The van der Waals surface area contributed by atoms with Crippen LogP contribution in [0.4, 0.5) is 5.13 Å². The first-order valence-electron chi connectivity index (χ1n) is 7.06. The Morgan fingerprint density at radius 2 is 2.25 bits per heavy atom. The van der Waals surface area contributed by atoms with E-state index in [1.807, 2.05) is 30.0 Å². The highest BCUT2D eigenvalue weighted by molar-refractivity contribution is 7.13. The fraction of sp³-hybridized carbons (Fsp3) is 0.467. The first-order chi connectivity index (χ1) is 9.75. The second-order valence-corrected chi connectivity index (χ2v) is 6.19. The van der Waals surface area contributed by atoms with Gasteiger partial charge in [0.25, 0.3) is 0 Å². The quantitative estimate of drug-likeness (QED) is 0.869. The molecule has 3 heterocycles. The van der Waals surface area contributed by atoms with Crippen molar-refractivity contribution in [1.29, 1.82) is 0 Å². The standard InChI is InChI=1S/C15H20N4S/c1-12-11-18(13(2)14-4-3-5-16-10-14)7-8-19(12)15-17-6-9-20-15/h3-6,9-10,12-13H,7-8,11H2,1-2H3. The fourth-order valence-electron chi connectivity index (χ4n) is 2.81. The number of pyridine rings is 1. The molecule has 1 fully saturated rings. The van der Waals surface area contributed by atoms with E-state index in [9.17, 15) is 0 Å². The lowest BCUT2D eigenvalue weighted by Gasteiger charge is -2.42. The van der Waals surface area contributed by atoms with E-state index in [4.69, 9.17) is 0 Å². The summed E-state index contributed by atoms with van der Waals surface area (Å²) in [6, 6.07) is 5.09. The van der Waals surface area contributed by atoms with Gasteiger partial charge in [0.1, 0.15) is 0 Å². The minimum absolute atomic E-state index is 0.421. The minimum Gasteiger partial charge on any atom is -0.343 e. The van der Waals surface area contributed by atoms with Gasteiger partial charge in [-0.05, 0) is 25.5 Å². The maximum atomic E-state index is 4.43. The van der Waals surface area contributed by atoms with Crippen molar-refractivity contribution in [2.75, 3.05) is 24.5 Å². The highest BCUT2D eigenvalue weighted by atomic mass is 32.1. The molecule has 2 aromatic rings. The third kappa shape index (κ3) is 2.69. The van der Waals surface area contributed by atoms with E-state index in [1.165, 1.54) is 5.56 Å². The molecule has 4 nitrogen and oxygen atoms in total. The van der Waals surface area contributed by atoms with E-state index in [1.54, 1.807) is 11.3 Å². The van der Waals surface area contributed by atoms with E-state index in [0.29, 0.717) is 12.1 Å². The van der Waals surface area contributed by atoms with Crippen LogP contribution in [-0.4, -0.2) is 40.5 Å². The zero-order valence-corrected chi connectivity index (χ0v) is 12.8. The first-order valence-corrected chi connectivity index (χ1v) is 7.94. The predicted octanol–water partition coefficient (Wildman–Crippen LogP) is 2.81. The number of thiazole rings is 1. The molecule has 5 heteroatoms. The van der Waals surface area contributed by atoms with Gasteiger partial charge < -0.3 is 4.90 Å². The predicted molar refractivity (Wildman–Crippen MR) is 83.1 cm³/mol. The van der Waals surface area contributed by atoms with Gasteiger partial charge in [-0.25, -0.2) is 4.98 Å². The average molecular weight is 288 g/mol. The smallest absolute Gasteiger partial charge is 0.185 e. The monoisotopic (exact) mass is 288 g/mol. The van der Waals surface area contributed by atoms with E-state index in [0.717, 1.165) is 24.8 Å². The van der Waals surface area contributed by atoms with Crippen molar-refractivity contribution in [2.24, 2.45) is 0 Å². The Kier molecular flexibility index (Phi) is 3.98. The van der Waals surface area contributed by atoms with Gasteiger partial charge in [0.05, 0.1) is 0 Å². The Hall–Kier alpha value is -1.46. The van der Waals surface area contributed by atoms with Gasteiger partial charge in [0.15, 0.2) is 5.13 Å². The second-order valence-electron chi connectivity index (χ2n) is 5.31. The van der Waals surface area contributed by atoms with Gasteiger partial charge in [-0.15, -0.1) is 11.3 Å². The van der Waals surface area contributed by atoms with Gasteiger partial charge >= 0.3 is 0 Å². The van der Waals surface area contributed by atoms with Crippen LogP contribution in [-0.2, 0) is 0 Å². The maximum absolute atomic E-state index is 4.43. The molecule has 106 valence electrons. The molecule has 0 bridgehead atoms. The molecular formula is C15H20N4S. The molecule has 2 aromatic heterocycles. The topological polar surface area (TPSA) is 32.3 Å². The summed E-state index contributed by atoms with van der Waals surface area (Å²) in [5.41, 5.74) is 1.29. The lowest BCUT2D eigenvalue weighted by atomic mass is 10.1. The molecular weight excluding hydrogens is 268 g/mol. The highest BCUT2D eigenvalue weighted by Crippen LogP contribution is 2.27. The van der Waals surface area contributed by atoms with Crippen LogP contribution in [0.5, 0.6) is 0 Å². The molecule has 0 saturated carbocycles. The number of hydrogen-bond donors (Lipinski definition) is 0. The zero-order valence-electron chi connectivity index (χ0n) is 11.9. The molecule has 3 rings (SSSR count). The van der Waals surface area contributed by atoms with E-state index in [-0.39, 0.29) is 0 Å². The Labute approximate surface area is 124 Å². The number of anilines is 1. The largest absolute Gasteiger partial charge is 0.343 e. The molecule has 0 amide bonds. The molecule has 0 aromatic carbocycles. The molecule has 0 N–H and O–H groups in total. The lowest BCUT2D eigenvalue weighted by molar-refractivity contribution is 0.175. The van der Waals surface area contributed by atoms with Gasteiger partial charge in [-0.1, -0.05) is 6.07 Å². The molecule has 1 saturated heterocycles. The fourth-order valence-corrected chi connectivity index (χ4v) is 3.59. The van der Waals surface area contributed by atoms with Crippen LogP contribution in [0.2, 0.25) is 0 Å². The van der Waals surface area contributed by atoms with Crippen LogP contribution in [0, 0.1) is 0 Å². The van der Waals surface area contributed by atoms with Gasteiger partial charge in [-0.2, -0.15) is 0 Å². The van der Waals surface area contributed by atoms with E-state index >= 15 is 0 Å². The third-order valence-electron chi connectivity index (χ3n) is 4.04. The summed E-state index contributed by atoms with van der Waals surface area (Å²) in [5.74, 6) is 0. The Morgan fingerprint density at radius 3 is 2.90 bits per heavy atom. The van der Waals surface area contributed by atoms with Crippen molar-refractivity contribution in [3.05, 3.63) is 41.7 Å². The number of nitrogens with zero attached hydrogens (tertiary/aromatic N) is 4. The van der Waals surface area contributed by atoms with Crippen LogP contribution in [0.25, 0.3) is 0 Å². The number of piperazine rings is 1. The molecule has 0 aliphatic carbocycles. The maximum Gasteiger partial charge on any atom is 0.185 e. The summed E-state index contributed by atoms with van der Waals surface area (Å²) in [4.78, 5) is 13.6. The number of hydrogen-bond acceptors (Lipinski definition) is 5.